The second-order valence-electron chi connectivity index (χ2n) is 7.23. The van der Waals surface area contributed by atoms with Gasteiger partial charge in [0, 0.05) is 11.4 Å². The van der Waals surface area contributed by atoms with Crippen molar-refractivity contribution in [3.05, 3.63) is 65.2 Å². The average molecular weight is 385 g/mol. The number of para-hydroxylation sites is 1. The van der Waals surface area contributed by atoms with Crippen LogP contribution in [0, 0.1) is 12.3 Å². The van der Waals surface area contributed by atoms with Gasteiger partial charge in [-0.15, -0.1) is 11.6 Å². The number of halogens is 1. The number of alkyl halides is 1. The summed E-state index contributed by atoms with van der Waals surface area (Å²) in [6.45, 7) is 5.76. The Morgan fingerprint density at radius 2 is 1.81 bits per heavy atom. The van der Waals surface area contributed by atoms with E-state index >= 15 is 0 Å². The maximum Gasteiger partial charge on any atom is 0.341 e. The second-order valence-corrected chi connectivity index (χ2v) is 7.50. The number of fused-ring (bicyclic) bond motifs is 1. The zero-order chi connectivity index (χ0) is 19.6. The number of aryl methyl sites for hydroxylation is 1. The quantitative estimate of drug-likeness (QED) is 0.444. The highest BCUT2D eigenvalue weighted by Crippen LogP contribution is 2.31. The Balaban J connectivity index is 1.89. The van der Waals surface area contributed by atoms with Crippen molar-refractivity contribution < 1.29 is 14.4 Å². The maximum atomic E-state index is 12.9. The fraction of sp³-hybridized carbons (Fsp3) is 0.286. The minimum atomic E-state index is -0.881. The van der Waals surface area contributed by atoms with Crippen molar-refractivity contribution in [1.82, 2.24) is 0 Å². The molecule has 1 amide bonds. The van der Waals surface area contributed by atoms with E-state index in [-0.39, 0.29) is 17.5 Å². The van der Waals surface area contributed by atoms with Gasteiger partial charge in [-0.2, -0.15) is 0 Å². The van der Waals surface area contributed by atoms with Gasteiger partial charge in [0.05, 0.1) is 17.6 Å². The molecule has 0 aromatic heterocycles. The number of amides is 1. The summed E-state index contributed by atoms with van der Waals surface area (Å²) in [5, 5.41) is 3.88. The van der Waals surface area contributed by atoms with Crippen LogP contribution in [0.15, 0.2) is 53.7 Å². The highest BCUT2D eigenvalue weighted by Gasteiger charge is 2.35. The molecule has 140 valence electrons. The third kappa shape index (κ3) is 3.88. The molecule has 2 aromatic rings. The van der Waals surface area contributed by atoms with E-state index in [0.717, 1.165) is 16.8 Å². The first kappa shape index (κ1) is 19.1. The Labute approximate surface area is 163 Å². The molecule has 0 aliphatic carbocycles. The van der Waals surface area contributed by atoms with Gasteiger partial charge in [0.1, 0.15) is 0 Å². The minimum absolute atomic E-state index is 0.0980. The molecule has 0 N–H and O–H groups in total. The van der Waals surface area contributed by atoms with Crippen LogP contribution in [0.4, 0.5) is 5.69 Å². The van der Waals surface area contributed by atoms with Crippen molar-refractivity contribution >= 4 is 34.9 Å². The van der Waals surface area contributed by atoms with Gasteiger partial charge >= 0.3 is 5.97 Å². The number of hydrogen-bond acceptors (Lipinski definition) is 4. The van der Waals surface area contributed by atoms with Crippen LogP contribution < -0.4 is 4.90 Å². The summed E-state index contributed by atoms with van der Waals surface area (Å²) in [6, 6.07) is 15.3. The van der Waals surface area contributed by atoms with Crippen LogP contribution in [0.5, 0.6) is 0 Å². The van der Waals surface area contributed by atoms with E-state index in [2.05, 4.69) is 5.16 Å². The van der Waals surface area contributed by atoms with Crippen LogP contribution in [-0.4, -0.2) is 23.5 Å². The van der Waals surface area contributed by atoms with Crippen molar-refractivity contribution in [2.45, 2.75) is 27.3 Å². The molecular formula is C21H21ClN2O3. The van der Waals surface area contributed by atoms with Gasteiger partial charge in [0.15, 0.2) is 5.71 Å². The molecule has 0 spiro atoms. The normalized spacial score (nSPS) is 15.2. The monoisotopic (exact) mass is 384 g/mol. The molecule has 1 aliphatic heterocycles. The van der Waals surface area contributed by atoms with Crippen molar-refractivity contribution in [2.75, 3.05) is 10.8 Å². The first-order valence-corrected chi connectivity index (χ1v) is 9.19. The molecule has 6 heteroatoms. The number of carbonyl (C=O) groups excluding carboxylic acids is 2. The SMILES string of the molecule is Cc1ccc(CN2C(=O)C(=NOC(=O)C(C)(C)CCl)c3ccccc32)cc1. The lowest BCUT2D eigenvalue weighted by Crippen LogP contribution is -2.31. The number of nitrogens with zero attached hydrogens (tertiary/aromatic N) is 2. The largest absolute Gasteiger partial charge is 0.341 e. The summed E-state index contributed by atoms with van der Waals surface area (Å²) in [7, 11) is 0. The molecule has 1 heterocycles. The van der Waals surface area contributed by atoms with Gasteiger partial charge in [-0.25, -0.2) is 4.79 Å². The first-order chi connectivity index (χ1) is 12.8. The Bertz CT molecular complexity index is 904. The maximum absolute atomic E-state index is 12.9. The van der Waals surface area contributed by atoms with Gasteiger partial charge in [0.25, 0.3) is 5.91 Å². The van der Waals surface area contributed by atoms with Gasteiger partial charge in [0.2, 0.25) is 0 Å². The van der Waals surface area contributed by atoms with Crippen molar-refractivity contribution in [2.24, 2.45) is 10.6 Å². The molecule has 3 rings (SSSR count). The predicted molar refractivity (Wildman–Crippen MR) is 106 cm³/mol. The average Bonchev–Trinajstić information content (AvgIpc) is 2.93. The molecule has 1 aliphatic rings. The molecule has 0 saturated carbocycles. The second kappa shape index (κ2) is 7.53. The fourth-order valence-corrected chi connectivity index (χ4v) is 2.76. The van der Waals surface area contributed by atoms with E-state index in [0.29, 0.717) is 12.1 Å². The number of anilines is 1. The van der Waals surface area contributed by atoms with E-state index in [1.165, 1.54) is 0 Å². The molecule has 0 atom stereocenters. The lowest BCUT2D eigenvalue weighted by atomic mass is 9.97. The summed E-state index contributed by atoms with van der Waals surface area (Å²) in [5.74, 6) is -0.777. The summed E-state index contributed by atoms with van der Waals surface area (Å²) in [5.41, 5.74) is 2.79. The summed E-state index contributed by atoms with van der Waals surface area (Å²) >= 11 is 5.79. The standard InChI is InChI=1S/C21H21ClN2O3/c1-14-8-10-15(11-9-14)12-24-17-7-5-4-6-16(17)18(19(24)25)23-27-20(26)21(2,3)13-22/h4-11H,12-13H2,1-3H3. The molecule has 27 heavy (non-hydrogen) atoms. The Hall–Kier alpha value is -2.66. The van der Waals surface area contributed by atoms with Crippen LogP contribution in [0.25, 0.3) is 0 Å². The third-order valence-electron chi connectivity index (χ3n) is 4.47. The van der Waals surface area contributed by atoms with Gasteiger partial charge in [-0.3, -0.25) is 4.79 Å². The van der Waals surface area contributed by atoms with E-state index < -0.39 is 11.4 Å². The number of hydrogen-bond donors (Lipinski definition) is 0. The van der Waals surface area contributed by atoms with Crippen molar-refractivity contribution in [1.29, 1.82) is 0 Å². The predicted octanol–water partition coefficient (Wildman–Crippen LogP) is 4.05. The summed E-state index contributed by atoms with van der Waals surface area (Å²) < 4.78 is 0. The molecule has 0 fully saturated rings. The lowest BCUT2D eigenvalue weighted by Gasteiger charge is -2.17. The Morgan fingerprint density at radius 3 is 2.48 bits per heavy atom. The number of rotatable bonds is 5. The van der Waals surface area contributed by atoms with E-state index in [1.807, 2.05) is 49.4 Å². The van der Waals surface area contributed by atoms with E-state index in [9.17, 15) is 9.59 Å². The molecule has 5 nitrogen and oxygen atoms in total. The van der Waals surface area contributed by atoms with E-state index in [4.69, 9.17) is 16.4 Å². The van der Waals surface area contributed by atoms with Crippen LogP contribution in [0.2, 0.25) is 0 Å². The van der Waals surface area contributed by atoms with Gasteiger partial charge in [-0.1, -0.05) is 53.2 Å². The van der Waals surface area contributed by atoms with Crippen molar-refractivity contribution in [3.8, 4) is 0 Å². The van der Waals surface area contributed by atoms with Gasteiger partial charge in [-0.05, 0) is 32.4 Å². The zero-order valence-corrected chi connectivity index (χ0v) is 16.3. The molecule has 0 saturated heterocycles. The Kier molecular flexibility index (Phi) is 5.33. The molecular weight excluding hydrogens is 364 g/mol. The van der Waals surface area contributed by atoms with Crippen LogP contribution in [0.3, 0.4) is 0 Å². The number of carbonyl (C=O) groups is 2. The number of oxime groups is 1. The van der Waals surface area contributed by atoms with Crippen LogP contribution in [-0.2, 0) is 21.0 Å². The summed E-state index contributed by atoms with van der Waals surface area (Å²) in [4.78, 5) is 31.8. The number of benzene rings is 2. The zero-order valence-electron chi connectivity index (χ0n) is 15.5. The van der Waals surface area contributed by atoms with Gasteiger partial charge < -0.3 is 9.74 Å². The first-order valence-electron chi connectivity index (χ1n) is 8.66. The minimum Gasteiger partial charge on any atom is -0.317 e. The van der Waals surface area contributed by atoms with Crippen molar-refractivity contribution in [3.63, 3.8) is 0 Å². The highest BCUT2D eigenvalue weighted by atomic mass is 35.5. The molecule has 2 aromatic carbocycles. The van der Waals surface area contributed by atoms with Crippen LogP contribution in [0.1, 0.15) is 30.5 Å². The lowest BCUT2D eigenvalue weighted by molar-refractivity contribution is -0.152. The Morgan fingerprint density at radius 1 is 1.15 bits per heavy atom. The topological polar surface area (TPSA) is 59.0 Å². The fourth-order valence-electron chi connectivity index (χ4n) is 2.65. The van der Waals surface area contributed by atoms with E-state index in [1.54, 1.807) is 24.8 Å². The molecule has 0 unspecified atom stereocenters. The molecule has 0 radical (unpaired) electrons. The highest BCUT2D eigenvalue weighted by molar-refractivity contribution is 6.54. The smallest absolute Gasteiger partial charge is 0.317 e. The third-order valence-corrected chi connectivity index (χ3v) is 5.13. The van der Waals surface area contributed by atoms with Crippen LogP contribution >= 0.6 is 11.6 Å². The summed E-state index contributed by atoms with van der Waals surface area (Å²) in [6.07, 6.45) is 0. The molecule has 0 bridgehead atoms.